The molecule has 1 saturated heterocycles. The topological polar surface area (TPSA) is 78.0 Å². The quantitative estimate of drug-likeness (QED) is 0.554. The van der Waals surface area contributed by atoms with Gasteiger partial charge in [-0.15, -0.1) is 11.6 Å². The van der Waals surface area contributed by atoms with Crippen molar-refractivity contribution in [3.05, 3.63) is 34.9 Å². The summed E-state index contributed by atoms with van der Waals surface area (Å²) in [6.07, 6.45) is 1.07. The Balaban J connectivity index is 1.68. The molecule has 0 aliphatic carbocycles. The van der Waals surface area contributed by atoms with E-state index in [4.69, 9.17) is 11.6 Å². The van der Waals surface area contributed by atoms with Crippen molar-refractivity contribution in [1.82, 2.24) is 14.7 Å². The second-order valence-electron chi connectivity index (χ2n) is 7.30. The number of hydrogen-bond donors (Lipinski definition) is 0. The van der Waals surface area contributed by atoms with Crippen LogP contribution in [0.25, 0.3) is 0 Å². The van der Waals surface area contributed by atoms with E-state index in [0.717, 1.165) is 0 Å². The average Bonchev–Trinajstić information content (AvgIpc) is 2.95. The third-order valence-corrected chi connectivity index (χ3v) is 5.39. The van der Waals surface area contributed by atoms with E-state index in [9.17, 15) is 19.2 Å². The molecule has 7 nitrogen and oxygen atoms in total. The van der Waals surface area contributed by atoms with Crippen LogP contribution in [0.15, 0.2) is 18.2 Å². The van der Waals surface area contributed by atoms with E-state index >= 15 is 0 Å². The number of alkyl halides is 1. The van der Waals surface area contributed by atoms with Gasteiger partial charge in [-0.25, -0.2) is 0 Å². The number of imide groups is 1. The zero-order chi connectivity index (χ0) is 20.4. The van der Waals surface area contributed by atoms with Crippen LogP contribution in [0.5, 0.6) is 0 Å². The Bertz CT molecular complexity index is 816. The summed E-state index contributed by atoms with van der Waals surface area (Å²) < 4.78 is 0. The molecule has 0 bridgehead atoms. The number of amides is 4. The van der Waals surface area contributed by atoms with Gasteiger partial charge < -0.3 is 9.80 Å². The molecule has 0 spiro atoms. The van der Waals surface area contributed by atoms with Crippen LogP contribution in [0.3, 0.4) is 0 Å². The van der Waals surface area contributed by atoms with E-state index in [2.05, 4.69) is 0 Å². The van der Waals surface area contributed by atoms with Gasteiger partial charge in [0.2, 0.25) is 5.91 Å². The molecule has 2 aliphatic rings. The van der Waals surface area contributed by atoms with Crippen molar-refractivity contribution < 1.29 is 19.2 Å². The molecule has 0 unspecified atom stereocenters. The van der Waals surface area contributed by atoms with Crippen molar-refractivity contribution in [2.45, 2.75) is 32.7 Å². The molecule has 0 aromatic heterocycles. The largest absolute Gasteiger partial charge is 0.339 e. The summed E-state index contributed by atoms with van der Waals surface area (Å²) >= 11 is 5.63. The molecule has 1 aromatic carbocycles. The van der Waals surface area contributed by atoms with Crippen LogP contribution >= 0.6 is 11.6 Å². The van der Waals surface area contributed by atoms with E-state index in [1.165, 1.54) is 11.0 Å². The molecule has 150 valence electrons. The van der Waals surface area contributed by atoms with Crippen LogP contribution < -0.4 is 0 Å². The highest BCUT2D eigenvalue weighted by Crippen LogP contribution is 2.26. The second-order valence-corrected chi connectivity index (χ2v) is 7.68. The highest BCUT2D eigenvalue weighted by molar-refractivity contribution is 6.22. The molecule has 1 fully saturated rings. The molecule has 0 saturated carbocycles. The molecule has 2 heterocycles. The van der Waals surface area contributed by atoms with Gasteiger partial charge in [0.05, 0.1) is 11.1 Å². The number of carbonyl (C=O) groups is 4. The third-order valence-electron chi connectivity index (χ3n) is 5.13. The lowest BCUT2D eigenvalue weighted by Crippen LogP contribution is -2.50. The van der Waals surface area contributed by atoms with E-state index < -0.39 is 0 Å². The monoisotopic (exact) mass is 405 g/mol. The molecule has 2 aliphatic heterocycles. The highest BCUT2D eigenvalue weighted by atomic mass is 35.5. The number of fused-ring (bicyclic) bond motifs is 1. The van der Waals surface area contributed by atoms with Gasteiger partial charge in [0, 0.05) is 50.1 Å². The summed E-state index contributed by atoms with van der Waals surface area (Å²) in [7, 11) is 0. The lowest BCUT2D eigenvalue weighted by molar-refractivity contribution is -0.132. The molecular formula is C20H24ClN3O4. The van der Waals surface area contributed by atoms with Crippen molar-refractivity contribution >= 4 is 35.2 Å². The first kappa shape index (κ1) is 20.3. The minimum Gasteiger partial charge on any atom is -0.339 e. The Hall–Kier alpha value is -2.41. The molecule has 1 aromatic rings. The van der Waals surface area contributed by atoms with Crippen molar-refractivity contribution in [2.75, 3.05) is 32.1 Å². The maximum Gasteiger partial charge on any atom is 0.261 e. The molecule has 8 heteroatoms. The van der Waals surface area contributed by atoms with Crippen LogP contribution in [0.4, 0.5) is 0 Å². The number of nitrogens with zero attached hydrogens (tertiary/aromatic N) is 3. The Morgan fingerprint density at radius 2 is 1.61 bits per heavy atom. The van der Waals surface area contributed by atoms with Crippen molar-refractivity contribution in [2.24, 2.45) is 0 Å². The number of benzene rings is 1. The molecule has 0 atom stereocenters. The summed E-state index contributed by atoms with van der Waals surface area (Å²) in [4.78, 5) is 54.5. The Morgan fingerprint density at radius 1 is 1.00 bits per heavy atom. The third kappa shape index (κ3) is 3.76. The first-order valence-corrected chi connectivity index (χ1v) is 10.0. The first-order chi connectivity index (χ1) is 13.3. The van der Waals surface area contributed by atoms with Gasteiger partial charge in [-0.2, -0.15) is 0 Å². The number of halogens is 1. The van der Waals surface area contributed by atoms with Crippen LogP contribution in [0.1, 0.15) is 57.8 Å². The number of rotatable bonds is 5. The number of carbonyl (C=O) groups excluding carboxylic acids is 4. The molecule has 28 heavy (non-hydrogen) atoms. The minimum absolute atomic E-state index is 0.0585. The lowest BCUT2D eigenvalue weighted by Gasteiger charge is -2.35. The highest BCUT2D eigenvalue weighted by Gasteiger charge is 2.37. The summed E-state index contributed by atoms with van der Waals surface area (Å²) in [6.45, 7) is 5.40. The summed E-state index contributed by atoms with van der Waals surface area (Å²) in [5.41, 5.74) is 0.997. The first-order valence-electron chi connectivity index (χ1n) is 9.50. The van der Waals surface area contributed by atoms with Gasteiger partial charge in [-0.05, 0) is 38.5 Å². The standard InChI is InChI=1S/C20H24ClN3O4/c1-13(2)24-19(27)15-6-5-14(12-16(15)20(24)28)18(26)23-10-8-22(9-11-23)17(25)4-3-7-21/h5-6,12-13H,3-4,7-11H2,1-2H3. The van der Waals surface area contributed by atoms with Gasteiger partial charge >= 0.3 is 0 Å². The van der Waals surface area contributed by atoms with Gasteiger partial charge in [0.15, 0.2) is 0 Å². The van der Waals surface area contributed by atoms with Gasteiger partial charge in [-0.1, -0.05) is 0 Å². The molecule has 4 amide bonds. The molecular weight excluding hydrogens is 382 g/mol. The second kappa shape index (κ2) is 8.31. The summed E-state index contributed by atoms with van der Waals surface area (Å²) in [6, 6.07) is 4.42. The van der Waals surface area contributed by atoms with Crippen LogP contribution in [-0.2, 0) is 4.79 Å². The Labute approximate surface area is 169 Å². The van der Waals surface area contributed by atoms with E-state index in [1.807, 2.05) is 0 Å². The molecule has 3 rings (SSSR count). The minimum atomic E-state index is -0.362. The van der Waals surface area contributed by atoms with Crippen molar-refractivity contribution in [3.8, 4) is 0 Å². The summed E-state index contributed by atoms with van der Waals surface area (Å²) in [5.74, 6) is -0.364. The summed E-state index contributed by atoms with van der Waals surface area (Å²) in [5, 5.41) is 0. The number of piperazine rings is 1. The van der Waals surface area contributed by atoms with E-state index in [1.54, 1.807) is 35.8 Å². The fourth-order valence-corrected chi connectivity index (χ4v) is 3.71. The fourth-order valence-electron chi connectivity index (χ4n) is 3.58. The van der Waals surface area contributed by atoms with Crippen molar-refractivity contribution in [1.29, 1.82) is 0 Å². The van der Waals surface area contributed by atoms with Crippen LogP contribution in [0.2, 0.25) is 0 Å². The normalized spacial score (nSPS) is 16.8. The van der Waals surface area contributed by atoms with Gasteiger partial charge in [0.1, 0.15) is 0 Å². The van der Waals surface area contributed by atoms with Crippen molar-refractivity contribution in [3.63, 3.8) is 0 Å². The Kier molecular flexibility index (Phi) is 6.03. The SMILES string of the molecule is CC(C)N1C(=O)c2ccc(C(=O)N3CCN(C(=O)CCCCl)CC3)cc2C1=O. The molecule has 0 radical (unpaired) electrons. The zero-order valence-electron chi connectivity index (χ0n) is 16.1. The predicted octanol–water partition coefficient (Wildman–Crippen LogP) is 1.99. The average molecular weight is 406 g/mol. The zero-order valence-corrected chi connectivity index (χ0v) is 16.9. The maximum absolute atomic E-state index is 12.8. The van der Waals surface area contributed by atoms with E-state index in [0.29, 0.717) is 56.0 Å². The Morgan fingerprint density at radius 3 is 2.21 bits per heavy atom. The smallest absolute Gasteiger partial charge is 0.261 e. The maximum atomic E-state index is 12.8. The van der Waals surface area contributed by atoms with Crippen LogP contribution in [-0.4, -0.2) is 76.4 Å². The molecule has 0 N–H and O–H groups in total. The lowest BCUT2D eigenvalue weighted by atomic mass is 10.0. The van der Waals surface area contributed by atoms with Gasteiger partial charge in [-0.3, -0.25) is 24.1 Å². The van der Waals surface area contributed by atoms with E-state index in [-0.39, 0.29) is 35.2 Å². The van der Waals surface area contributed by atoms with Gasteiger partial charge in [0.25, 0.3) is 17.7 Å². The predicted molar refractivity (Wildman–Crippen MR) is 105 cm³/mol. The number of hydrogen-bond acceptors (Lipinski definition) is 4. The fraction of sp³-hybridized carbons (Fsp3) is 0.500. The van der Waals surface area contributed by atoms with Crippen LogP contribution in [0, 0.1) is 0 Å².